The molecule has 2 N–H and O–H groups in total. The first-order valence-corrected chi connectivity index (χ1v) is 8.44. The van der Waals surface area contributed by atoms with Gasteiger partial charge in [0, 0.05) is 22.2 Å². The smallest absolute Gasteiger partial charge is 0.404 e. The predicted molar refractivity (Wildman–Crippen MR) is 95.5 cm³/mol. The fraction of sp³-hybridized carbons (Fsp3) is 0.211. The highest BCUT2D eigenvalue weighted by molar-refractivity contribution is 7.11. The molecule has 0 spiro atoms. The largest absolute Gasteiger partial charge is 0.465 e. The van der Waals surface area contributed by atoms with Crippen molar-refractivity contribution >= 4 is 28.2 Å². The lowest BCUT2D eigenvalue weighted by atomic mass is 9.93. The second-order valence-electron chi connectivity index (χ2n) is 5.71. The van der Waals surface area contributed by atoms with Gasteiger partial charge in [-0.15, -0.1) is 11.3 Å². The summed E-state index contributed by atoms with van der Waals surface area (Å²) < 4.78 is 0. The van der Waals surface area contributed by atoms with E-state index in [4.69, 9.17) is 5.11 Å². The van der Waals surface area contributed by atoms with E-state index >= 15 is 0 Å². The molecular formula is C19H19NO2S. The number of carboxylic acid groups (broad SMARTS) is 1. The number of rotatable bonds is 5. The molecule has 1 unspecified atom stereocenters. The molecule has 0 radical (unpaired) electrons. The zero-order chi connectivity index (χ0) is 16.2. The Kier molecular flexibility index (Phi) is 4.63. The van der Waals surface area contributed by atoms with E-state index in [2.05, 4.69) is 54.7 Å². The summed E-state index contributed by atoms with van der Waals surface area (Å²) in [4.78, 5) is 13.5. The Balaban J connectivity index is 1.89. The molecule has 1 aromatic heterocycles. The van der Waals surface area contributed by atoms with Gasteiger partial charge in [0.2, 0.25) is 0 Å². The summed E-state index contributed by atoms with van der Waals surface area (Å²) >= 11 is 1.77. The summed E-state index contributed by atoms with van der Waals surface area (Å²) in [5.41, 5.74) is 1.17. The van der Waals surface area contributed by atoms with Gasteiger partial charge in [0.25, 0.3) is 0 Å². The lowest BCUT2D eigenvalue weighted by molar-refractivity contribution is 0.193. The first kappa shape index (κ1) is 15.6. The number of hydrogen-bond acceptors (Lipinski definition) is 2. The quantitative estimate of drug-likeness (QED) is 0.707. The van der Waals surface area contributed by atoms with Crippen LogP contribution in [0.4, 0.5) is 4.79 Å². The van der Waals surface area contributed by atoms with Gasteiger partial charge in [-0.3, -0.25) is 0 Å². The van der Waals surface area contributed by atoms with E-state index in [9.17, 15) is 4.79 Å². The molecule has 3 nitrogen and oxygen atoms in total. The van der Waals surface area contributed by atoms with E-state index in [0.717, 1.165) is 6.42 Å². The second kappa shape index (κ2) is 6.84. The van der Waals surface area contributed by atoms with Crippen LogP contribution in [0.1, 0.15) is 21.2 Å². The molecule has 2 aromatic carbocycles. The Labute approximate surface area is 139 Å². The molecular weight excluding hydrogens is 306 g/mol. The van der Waals surface area contributed by atoms with Gasteiger partial charge in [0.05, 0.1) is 0 Å². The number of thiophene rings is 1. The Bertz CT molecular complexity index is 825. The van der Waals surface area contributed by atoms with Crippen molar-refractivity contribution in [3.8, 4) is 0 Å². The van der Waals surface area contributed by atoms with Gasteiger partial charge in [-0.2, -0.15) is 0 Å². The summed E-state index contributed by atoms with van der Waals surface area (Å²) in [6.45, 7) is 2.51. The van der Waals surface area contributed by atoms with Crippen molar-refractivity contribution in [2.45, 2.75) is 19.3 Å². The minimum Gasteiger partial charge on any atom is -0.465 e. The number of benzene rings is 2. The normalized spacial score (nSPS) is 12.2. The molecule has 1 atom stereocenters. The molecule has 1 heterocycles. The summed E-state index contributed by atoms with van der Waals surface area (Å²) in [5, 5.41) is 13.9. The average Bonchev–Trinajstić information content (AvgIpc) is 2.96. The molecule has 3 aromatic rings. The molecule has 0 fully saturated rings. The molecule has 0 bridgehead atoms. The minimum absolute atomic E-state index is 0.133. The van der Waals surface area contributed by atoms with E-state index in [1.54, 1.807) is 11.3 Å². The SMILES string of the molecule is Cc1ccc(CC(CNC(=O)O)c2ccc3ccccc3c2)s1. The van der Waals surface area contributed by atoms with Gasteiger partial charge in [-0.25, -0.2) is 4.79 Å². The van der Waals surface area contributed by atoms with Crippen molar-refractivity contribution in [2.75, 3.05) is 6.54 Å². The summed E-state index contributed by atoms with van der Waals surface area (Å²) in [6, 6.07) is 18.9. The lowest BCUT2D eigenvalue weighted by Crippen LogP contribution is -2.27. The van der Waals surface area contributed by atoms with Crippen LogP contribution in [0.15, 0.2) is 54.6 Å². The van der Waals surface area contributed by atoms with Crippen molar-refractivity contribution in [1.29, 1.82) is 0 Å². The van der Waals surface area contributed by atoms with Crippen LogP contribution in [0.25, 0.3) is 10.8 Å². The van der Waals surface area contributed by atoms with Crippen LogP contribution in [0.5, 0.6) is 0 Å². The fourth-order valence-corrected chi connectivity index (χ4v) is 3.79. The van der Waals surface area contributed by atoms with Crippen LogP contribution < -0.4 is 5.32 Å². The summed E-state index contributed by atoms with van der Waals surface area (Å²) in [5.74, 6) is 0.133. The maximum Gasteiger partial charge on any atom is 0.404 e. The molecule has 118 valence electrons. The van der Waals surface area contributed by atoms with Gasteiger partial charge in [0.15, 0.2) is 0 Å². The van der Waals surface area contributed by atoms with Crippen LogP contribution in [0.3, 0.4) is 0 Å². The zero-order valence-corrected chi connectivity index (χ0v) is 13.8. The number of aryl methyl sites for hydroxylation is 1. The van der Waals surface area contributed by atoms with Gasteiger partial charge in [-0.1, -0.05) is 42.5 Å². The Hall–Kier alpha value is -2.33. The van der Waals surface area contributed by atoms with Crippen molar-refractivity contribution < 1.29 is 9.90 Å². The molecule has 0 saturated carbocycles. The molecule has 0 aliphatic heterocycles. The third-order valence-electron chi connectivity index (χ3n) is 3.99. The molecule has 3 rings (SSSR count). The first-order valence-electron chi connectivity index (χ1n) is 7.62. The van der Waals surface area contributed by atoms with Gasteiger partial charge in [-0.05, 0) is 41.8 Å². The van der Waals surface area contributed by atoms with E-state index < -0.39 is 6.09 Å². The third-order valence-corrected chi connectivity index (χ3v) is 5.01. The van der Waals surface area contributed by atoms with E-state index in [1.807, 2.05) is 12.1 Å². The molecule has 0 aliphatic rings. The molecule has 1 amide bonds. The van der Waals surface area contributed by atoms with Crippen LogP contribution in [0, 0.1) is 6.92 Å². The van der Waals surface area contributed by atoms with Crippen LogP contribution >= 0.6 is 11.3 Å². The maximum atomic E-state index is 10.9. The van der Waals surface area contributed by atoms with Crippen molar-refractivity contribution in [2.24, 2.45) is 0 Å². The van der Waals surface area contributed by atoms with Crippen LogP contribution in [-0.4, -0.2) is 17.7 Å². The van der Waals surface area contributed by atoms with Crippen molar-refractivity contribution in [3.63, 3.8) is 0 Å². The van der Waals surface area contributed by atoms with Crippen molar-refractivity contribution in [3.05, 3.63) is 69.9 Å². The number of nitrogens with one attached hydrogen (secondary N) is 1. The Morgan fingerprint density at radius 3 is 2.61 bits per heavy atom. The molecule has 0 aliphatic carbocycles. The zero-order valence-electron chi connectivity index (χ0n) is 13.0. The molecule has 23 heavy (non-hydrogen) atoms. The topological polar surface area (TPSA) is 49.3 Å². The van der Waals surface area contributed by atoms with Gasteiger partial charge in [0.1, 0.15) is 0 Å². The van der Waals surface area contributed by atoms with Crippen LogP contribution in [-0.2, 0) is 6.42 Å². The number of amides is 1. The molecule has 0 saturated heterocycles. The Morgan fingerprint density at radius 1 is 1.13 bits per heavy atom. The summed E-state index contributed by atoms with van der Waals surface area (Å²) in [6.07, 6.45) is -0.130. The molecule has 4 heteroatoms. The number of hydrogen-bond donors (Lipinski definition) is 2. The fourth-order valence-electron chi connectivity index (χ4n) is 2.82. The summed E-state index contributed by atoms with van der Waals surface area (Å²) in [7, 11) is 0. The number of fused-ring (bicyclic) bond motifs is 1. The first-order chi connectivity index (χ1) is 11.1. The average molecular weight is 325 g/mol. The van der Waals surface area contributed by atoms with Gasteiger partial charge < -0.3 is 10.4 Å². The van der Waals surface area contributed by atoms with E-state index in [0.29, 0.717) is 6.54 Å². The number of carbonyl (C=O) groups is 1. The highest BCUT2D eigenvalue weighted by atomic mass is 32.1. The van der Waals surface area contributed by atoms with Crippen LogP contribution in [0.2, 0.25) is 0 Å². The highest BCUT2D eigenvalue weighted by Crippen LogP contribution is 2.27. The predicted octanol–water partition coefficient (Wildman–Crippen LogP) is 4.80. The third kappa shape index (κ3) is 3.90. The minimum atomic E-state index is -0.974. The lowest BCUT2D eigenvalue weighted by Gasteiger charge is -2.17. The maximum absolute atomic E-state index is 10.9. The van der Waals surface area contributed by atoms with E-state index in [1.165, 1.54) is 26.1 Å². The van der Waals surface area contributed by atoms with Crippen molar-refractivity contribution in [1.82, 2.24) is 5.32 Å². The Morgan fingerprint density at radius 2 is 1.91 bits per heavy atom. The monoisotopic (exact) mass is 325 g/mol. The highest BCUT2D eigenvalue weighted by Gasteiger charge is 2.15. The van der Waals surface area contributed by atoms with E-state index in [-0.39, 0.29) is 5.92 Å². The van der Waals surface area contributed by atoms with Gasteiger partial charge >= 0.3 is 6.09 Å². The standard InChI is InChI=1S/C19H19NO2S/c1-13-6-9-18(23-13)11-17(12-20-19(21)22)16-8-7-14-4-2-3-5-15(14)10-16/h2-10,17,20H,11-12H2,1H3,(H,21,22). The second-order valence-corrected chi connectivity index (χ2v) is 7.08.